The van der Waals surface area contributed by atoms with Crippen LogP contribution in [0, 0.1) is 0 Å². The van der Waals surface area contributed by atoms with E-state index in [0.717, 1.165) is 4.68 Å². The molecule has 1 aromatic carbocycles. The van der Waals surface area contributed by atoms with Crippen molar-refractivity contribution >= 4 is 16.7 Å². The fourth-order valence-corrected chi connectivity index (χ4v) is 3.47. The van der Waals surface area contributed by atoms with Gasteiger partial charge in [-0.05, 0) is 35.9 Å². The number of hydrogen-bond donors (Lipinski definition) is 0. The molecule has 13 heteroatoms. The van der Waals surface area contributed by atoms with E-state index in [9.17, 15) is 22.4 Å². The summed E-state index contributed by atoms with van der Waals surface area (Å²) in [4.78, 5) is 17.8. The number of hydrogen-bond acceptors (Lipinski definition) is 7. The molecular weight excluding hydrogens is 472 g/mol. The van der Waals surface area contributed by atoms with Gasteiger partial charge in [0.1, 0.15) is 23.1 Å². The smallest absolute Gasteiger partial charge is 0.387 e. The molecule has 35 heavy (non-hydrogen) atoms. The molecule has 4 aromatic heterocycles. The molecule has 0 amide bonds. The lowest BCUT2D eigenvalue weighted by atomic mass is 10.1. The number of alkyl halides is 4. The molecule has 0 saturated heterocycles. The third kappa shape index (κ3) is 4.47. The Bertz CT molecular complexity index is 1570. The molecule has 0 bridgehead atoms. The van der Waals surface area contributed by atoms with Crippen molar-refractivity contribution in [2.75, 3.05) is 6.61 Å². The van der Waals surface area contributed by atoms with E-state index in [0.29, 0.717) is 16.9 Å². The van der Waals surface area contributed by atoms with Crippen LogP contribution >= 0.6 is 0 Å². The van der Waals surface area contributed by atoms with E-state index in [1.165, 1.54) is 42.7 Å². The fraction of sp³-hybridized carbons (Fsp3) is 0.136. The Kier molecular flexibility index (Phi) is 5.73. The first kappa shape index (κ1) is 22.3. The SMILES string of the molecule is O=c1c(-c2ccc(OC(F)F)cc2)c2nc(OCC(F)F)ccc2nn1-c1ccc2nncn2c1. The average molecular weight is 486 g/mol. The summed E-state index contributed by atoms with van der Waals surface area (Å²) in [7, 11) is 0. The molecule has 5 rings (SSSR count). The molecule has 0 spiro atoms. The zero-order chi connectivity index (χ0) is 24.5. The predicted octanol–water partition coefficient (Wildman–Crippen LogP) is 3.74. The van der Waals surface area contributed by atoms with Gasteiger partial charge in [0.15, 0.2) is 12.3 Å². The summed E-state index contributed by atoms with van der Waals surface area (Å²) in [5.41, 5.74) is 1.09. The molecule has 0 saturated carbocycles. The second kappa shape index (κ2) is 9.00. The average Bonchev–Trinajstić information content (AvgIpc) is 3.31. The zero-order valence-electron chi connectivity index (χ0n) is 17.6. The molecule has 9 nitrogen and oxygen atoms in total. The van der Waals surface area contributed by atoms with Crippen molar-refractivity contribution in [3.05, 3.63) is 71.4 Å². The third-order valence-electron chi connectivity index (χ3n) is 4.94. The Morgan fingerprint density at radius 2 is 1.77 bits per heavy atom. The van der Waals surface area contributed by atoms with Crippen molar-refractivity contribution in [1.29, 1.82) is 0 Å². The maximum atomic E-state index is 13.6. The number of aromatic nitrogens is 6. The molecule has 0 unspecified atom stereocenters. The largest absolute Gasteiger partial charge is 0.472 e. The van der Waals surface area contributed by atoms with E-state index in [-0.39, 0.29) is 28.2 Å². The quantitative estimate of drug-likeness (QED) is 0.324. The molecule has 4 heterocycles. The summed E-state index contributed by atoms with van der Waals surface area (Å²) in [5, 5.41) is 12.1. The van der Waals surface area contributed by atoms with E-state index in [4.69, 9.17) is 4.74 Å². The highest BCUT2D eigenvalue weighted by Crippen LogP contribution is 2.28. The number of ether oxygens (including phenoxy) is 2. The van der Waals surface area contributed by atoms with E-state index < -0.39 is 25.2 Å². The van der Waals surface area contributed by atoms with Gasteiger partial charge in [0.2, 0.25) is 5.88 Å². The molecule has 0 fully saturated rings. The molecule has 5 aromatic rings. The lowest BCUT2D eigenvalue weighted by molar-refractivity contribution is -0.0498. The molecule has 0 radical (unpaired) electrons. The van der Waals surface area contributed by atoms with Crippen LogP contribution in [0.5, 0.6) is 11.6 Å². The Morgan fingerprint density at radius 3 is 2.51 bits per heavy atom. The molecule has 0 aliphatic heterocycles. The highest BCUT2D eigenvalue weighted by molar-refractivity contribution is 5.91. The van der Waals surface area contributed by atoms with Crippen LogP contribution in [-0.4, -0.2) is 49.0 Å². The second-order valence-corrected chi connectivity index (χ2v) is 7.20. The van der Waals surface area contributed by atoms with Gasteiger partial charge < -0.3 is 9.47 Å². The summed E-state index contributed by atoms with van der Waals surface area (Å²) in [6.45, 7) is -3.89. The summed E-state index contributed by atoms with van der Waals surface area (Å²) < 4.78 is 62.4. The van der Waals surface area contributed by atoms with Crippen LogP contribution < -0.4 is 15.0 Å². The lowest BCUT2D eigenvalue weighted by Crippen LogP contribution is -2.24. The number of fused-ring (bicyclic) bond motifs is 2. The van der Waals surface area contributed by atoms with Crippen LogP contribution in [-0.2, 0) is 0 Å². The predicted molar refractivity (Wildman–Crippen MR) is 115 cm³/mol. The van der Waals surface area contributed by atoms with Gasteiger partial charge in [-0.25, -0.2) is 13.8 Å². The second-order valence-electron chi connectivity index (χ2n) is 7.20. The van der Waals surface area contributed by atoms with Crippen LogP contribution in [0.25, 0.3) is 33.5 Å². The Balaban J connectivity index is 1.70. The number of nitrogens with zero attached hydrogens (tertiary/aromatic N) is 6. The van der Waals surface area contributed by atoms with Gasteiger partial charge in [0.05, 0.1) is 11.3 Å². The summed E-state index contributed by atoms with van der Waals surface area (Å²) in [6.07, 6.45) is 0.349. The van der Waals surface area contributed by atoms with Crippen molar-refractivity contribution in [3.63, 3.8) is 0 Å². The van der Waals surface area contributed by atoms with E-state index in [1.54, 1.807) is 22.7 Å². The summed E-state index contributed by atoms with van der Waals surface area (Å²) in [5.74, 6) is -0.226. The lowest BCUT2D eigenvalue weighted by Gasteiger charge is -2.13. The van der Waals surface area contributed by atoms with Gasteiger partial charge in [-0.2, -0.15) is 18.6 Å². The van der Waals surface area contributed by atoms with Crippen molar-refractivity contribution in [3.8, 4) is 28.4 Å². The van der Waals surface area contributed by atoms with Crippen LogP contribution in [0.4, 0.5) is 17.6 Å². The van der Waals surface area contributed by atoms with E-state index in [1.807, 2.05) is 0 Å². The van der Waals surface area contributed by atoms with E-state index in [2.05, 4.69) is 25.0 Å². The normalized spacial score (nSPS) is 11.6. The van der Waals surface area contributed by atoms with Crippen LogP contribution in [0.3, 0.4) is 0 Å². The molecule has 0 N–H and O–H groups in total. The molecule has 0 atom stereocenters. The minimum absolute atomic E-state index is 0.0601. The highest BCUT2D eigenvalue weighted by atomic mass is 19.3. The van der Waals surface area contributed by atoms with Crippen LogP contribution in [0.15, 0.2) is 65.8 Å². The number of rotatable bonds is 7. The maximum Gasteiger partial charge on any atom is 0.387 e. The number of halogens is 4. The monoisotopic (exact) mass is 486 g/mol. The summed E-state index contributed by atoms with van der Waals surface area (Å²) >= 11 is 0. The Morgan fingerprint density at radius 1 is 0.971 bits per heavy atom. The van der Waals surface area contributed by atoms with Gasteiger partial charge in [-0.3, -0.25) is 9.20 Å². The van der Waals surface area contributed by atoms with Gasteiger partial charge in [-0.15, -0.1) is 10.2 Å². The Labute approximate surface area is 193 Å². The molecule has 0 aliphatic carbocycles. The van der Waals surface area contributed by atoms with Gasteiger partial charge in [0.25, 0.3) is 12.0 Å². The Hall–Kier alpha value is -4.55. The maximum absolute atomic E-state index is 13.6. The molecule has 178 valence electrons. The number of pyridine rings is 2. The van der Waals surface area contributed by atoms with Gasteiger partial charge in [-0.1, -0.05) is 12.1 Å². The summed E-state index contributed by atoms with van der Waals surface area (Å²) in [6, 6.07) is 11.5. The molecular formula is C22H14F4N6O3. The van der Waals surface area contributed by atoms with E-state index >= 15 is 0 Å². The zero-order valence-corrected chi connectivity index (χ0v) is 17.6. The van der Waals surface area contributed by atoms with Gasteiger partial charge >= 0.3 is 6.61 Å². The van der Waals surface area contributed by atoms with Crippen LogP contribution in [0.1, 0.15) is 0 Å². The minimum Gasteiger partial charge on any atom is -0.472 e. The van der Waals surface area contributed by atoms with Crippen molar-refractivity contribution in [1.82, 2.24) is 29.4 Å². The fourth-order valence-electron chi connectivity index (χ4n) is 3.47. The van der Waals surface area contributed by atoms with Crippen molar-refractivity contribution in [2.45, 2.75) is 13.0 Å². The van der Waals surface area contributed by atoms with Crippen molar-refractivity contribution < 1.29 is 27.0 Å². The first-order valence-corrected chi connectivity index (χ1v) is 10.1. The standard InChI is InChI=1S/C22H14F4N6O3/c23-16(24)10-34-18-8-6-15-20(28-18)19(12-1-4-14(5-2-12)35-22(25)26)21(33)32(30-15)13-3-7-17-29-27-11-31(17)9-13/h1-9,11,16,22H,10H2. The topological polar surface area (TPSA) is 96.4 Å². The van der Waals surface area contributed by atoms with Gasteiger partial charge in [0, 0.05) is 12.3 Å². The first-order valence-electron chi connectivity index (χ1n) is 10.1. The van der Waals surface area contributed by atoms with Crippen LogP contribution in [0.2, 0.25) is 0 Å². The van der Waals surface area contributed by atoms with Crippen molar-refractivity contribution in [2.24, 2.45) is 0 Å². The third-order valence-corrected chi connectivity index (χ3v) is 4.94. The minimum atomic E-state index is -3.01. The highest BCUT2D eigenvalue weighted by Gasteiger charge is 2.18. The first-order chi connectivity index (χ1) is 16.9. The number of benzene rings is 1. The molecule has 0 aliphatic rings.